The van der Waals surface area contributed by atoms with E-state index in [1.165, 1.54) is 0 Å². The van der Waals surface area contributed by atoms with E-state index in [1.807, 2.05) is 0 Å². The SMILES string of the molecule is C[C@H]1CCC(=O)[C@@H]([C@H](O)c2ccc(Cl)cc2)C1. The lowest BCUT2D eigenvalue weighted by molar-refractivity contribution is -0.129. The van der Waals surface area contributed by atoms with Crippen LogP contribution in [0.4, 0.5) is 0 Å². The second kappa shape index (κ2) is 5.19. The van der Waals surface area contributed by atoms with E-state index in [2.05, 4.69) is 6.92 Å². The minimum atomic E-state index is -0.692. The monoisotopic (exact) mass is 252 g/mol. The van der Waals surface area contributed by atoms with Gasteiger partial charge in [-0.25, -0.2) is 0 Å². The van der Waals surface area contributed by atoms with Crippen molar-refractivity contribution in [3.8, 4) is 0 Å². The van der Waals surface area contributed by atoms with Crippen LogP contribution in [0, 0.1) is 11.8 Å². The lowest BCUT2D eigenvalue weighted by Crippen LogP contribution is -2.28. The lowest BCUT2D eigenvalue weighted by Gasteiger charge is -2.29. The quantitative estimate of drug-likeness (QED) is 0.876. The molecule has 1 aliphatic carbocycles. The summed E-state index contributed by atoms with van der Waals surface area (Å²) < 4.78 is 0. The van der Waals surface area contributed by atoms with Crippen molar-refractivity contribution < 1.29 is 9.90 Å². The van der Waals surface area contributed by atoms with Crippen LogP contribution >= 0.6 is 11.6 Å². The molecule has 1 aromatic carbocycles. The van der Waals surface area contributed by atoms with Crippen LogP contribution < -0.4 is 0 Å². The average Bonchev–Trinajstić information content (AvgIpc) is 2.32. The molecule has 3 heteroatoms. The molecular formula is C14H17ClO2. The van der Waals surface area contributed by atoms with Crippen LogP contribution in [0.1, 0.15) is 37.9 Å². The maximum atomic E-state index is 11.8. The van der Waals surface area contributed by atoms with Crippen LogP contribution in [0.2, 0.25) is 5.02 Å². The molecule has 1 N–H and O–H groups in total. The summed E-state index contributed by atoms with van der Waals surface area (Å²) >= 11 is 5.81. The number of halogens is 1. The Balaban J connectivity index is 2.15. The number of ketones is 1. The van der Waals surface area contributed by atoms with E-state index in [9.17, 15) is 9.90 Å². The fraction of sp³-hybridized carbons (Fsp3) is 0.500. The van der Waals surface area contributed by atoms with Crippen molar-refractivity contribution in [2.24, 2.45) is 11.8 Å². The molecule has 0 aliphatic heterocycles. The number of aliphatic hydroxyl groups is 1. The molecule has 0 unspecified atom stereocenters. The molecule has 0 heterocycles. The van der Waals surface area contributed by atoms with Crippen molar-refractivity contribution >= 4 is 17.4 Å². The standard InChI is InChI=1S/C14H17ClO2/c1-9-2-7-13(16)12(8-9)14(17)10-3-5-11(15)6-4-10/h3-6,9,12,14,17H,2,7-8H2,1H3/t9-,12-,14+/m0/s1. The first kappa shape index (κ1) is 12.6. The third-order valence-corrected chi connectivity index (χ3v) is 3.80. The summed E-state index contributed by atoms with van der Waals surface area (Å²) in [7, 11) is 0. The van der Waals surface area contributed by atoms with Crippen LogP contribution in [0.25, 0.3) is 0 Å². The second-order valence-corrected chi connectivity index (χ2v) is 5.39. The Morgan fingerprint density at radius 3 is 2.65 bits per heavy atom. The van der Waals surface area contributed by atoms with Crippen molar-refractivity contribution in [2.45, 2.75) is 32.3 Å². The van der Waals surface area contributed by atoms with E-state index in [0.717, 1.165) is 18.4 Å². The van der Waals surface area contributed by atoms with Crippen molar-refractivity contribution in [1.82, 2.24) is 0 Å². The van der Waals surface area contributed by atoms with Crippen LogP contribution in [-0.2, 0) is 4.79 Å². The molecule has 0 bridgehead atoms. The zero-order chi connectivity index (χ0) is 12.4. The number of carbonyl (C=O) groups is 1. The molecule has 0 radical (unpaired) electrons. The van der Waals surface area contributed by atoms with Gasteiger partial charge < -0.3 is 5.11 Å². The van der Waals surface area contributed by atoms with Gasteiger partial charge in [-0.3, -0.25) is 4.79 Å². The van der Waals surface area contributed by atoms with E-state index in [1.54, 1.807) is 24.3 Å². The van der Waals surface area contributed by atoms with Crippen LogP contribution in [0.5, 0.6) is 0 Å². The summed E-state index contributed by atoms with van der Waals surface area (Å²) in [6, 6.07) is 7.08. The van der Waals surface area contributed by atoms with Gasteiger partial charge in [-0.05, 0) is 36.5 Å². The predicted octanol–water partition coefficient (Wildman–Crippen LogP) is 3.38. The molecule has 1 aliphatic rings. The maximum absolute atomic E-state index is 11.8. The minimum Gasteiger partial charge on any atom is -0.388 e. The fourth-order valence-corrected chi connectivity index (χ4v) is 2.58. The molecule has 0 aromatic heterocycles. The Labute approximate surface area is 107 Å². The number of hydrogen-bond acceptors (Lipinski definition) is 2. The number of hydrogen-bond donors (Lipinski definition) is 1. The van der Waals surface area contributed by atoms with Crippen molar-refractivity contribution in [3.05, 3.63) is 34.9 Å². The number of Topliss-reactive ketones (excluding diaryl/α,β-unsaturated/α-hetero) is 1. The van der Waals surface area contributed by atoms with Gasteiger partial charge in [0.1, 0.15) is 5.78 Å². The van der Waals surface area contributed by atoms with Crippen molar-refractivity contribution in [2.75, 3.05) is 0 Å². The zero-order valence-electron chi connectivity index (χ0n) is 9.90. The Morgan fingerprint density at radius 1 is 1.35 bits per heavy atom. The highest BCUT2D eigenvalue weighted by atomic mass is 35.5. The smallest absolute Gasteiger partial charge is 0.138 e. The molecule has 2 rings (SSSR count). The first-order valence-corrected chi connectivity index (χ1v) is 6.42. The van der Waals surface area contributed by atoms with E-state index >= 15 is 0 Å². The molecule has 3 atom stereocenters. The van der Waals surface area contributed by atoms with Gasteiger partial charge in [0, 0.05) is 17.4 Å². The molecule has 0 saturated heterocycles. The summed E-state index contributed by atoms with van der Waals surface area (Å²) in [6.45, 7) is 2.13. The lowest BCUT2D eigenvalue weighted by atomic mass is 9.77. The molecule has 1 fully saturated rings. The number of benzene rings is 1. The first-order chi connectivity index (χ1) is 8.08. The molecule has 17 heavy (non-hydrogen) atoms. The van der Waals surface area contributed by atoms with Crippen molar-refractivity contribution in [1.29, 1.82) is 0 Å². The van der Waals surface area contributed by atoms with E-state index in [-0.39, 0.29) is 11.7 Å². The van der Waals surface area contributed by atoms with Crippen LogP contribution in [0.15, 0.2) is 24.3 Å². The van der Waals surface area contributed by atoms with Crippen LogP contribution in [-0.4, -0.2) is 10.9 Å². The molecule has 1 saturated carbocycles. The summed E-state index contributed by atoms with van der Waals surface area (Å²) in [5, 5.41) is 10.9. The molecule has 2 nitrogen and oxygen atoms in total. The molecule has 92 valence electrons. The van der Waals surface area contributed by atoms with E-state index in [0.29, 0.717) is 17.4 Å². The first-order valence-electron chi connectivity index (χ1n) is 6.04. The fourth-order valence-electron chi connectivity index (χ4n) is 2.45. The summed E-state index contributed by atoms with van der Waals surface area (Å²) in [5.41, 5.74) is 0.779. The van der Waals surface area contributed by atoms with Gasteiger partial charge in [0.25, 0.3) is 0 Å². The number of rotatable bonds is 2. The Bertz CT molecular complexity index is 399. The Morgan fingerprint density at radius 2 is 2.00 bits per heavy atom. The molecular weight excluding hydrogens is 236 g/mol. The Kier molecular flexibility index (Phi) is 3.85. The topological polar surface area (TPSA) is 37.3 Å². The summed E-state index contributed by atoms with van der Waals surface area (Å²) in [5.74, 6) is 0.449. The van der Waals surface area contributed by atoms with E-state index < -0.39 is 6.10 Å². The summed E-state index contributed by atoms with van der Waals surface area (Å²) in [6.07, 6.45) is 1.63. The third-order valence-electron chi connectivity index (χ3n) is 3.55. The Hall–Kier alpha value is -0.860. The van der Waals surface area contributed by atoms with Gasteiger partial charge in [-0.2, -0.15) is 0 Å². The van der Waals surface area contributed by atoms with Gasteiger partial charge >= 0.3 is 0 Å². The highest BCUT2D eigenvalue weighted by Crippen LogP contribution is 2.35. The van der Waals surface area contributed by atoms with E-state index in [4.69, 9.17) is 11.6 Å². The van der Waals surface area contributed by atoms with Crippen molar-refractivity contribution in [3.63, 3.8) is 0 Å². The predicted molar refractivity (Wildman–Crippen MR) is 67.9 cm³/mol. The minimum absolute atomic E-state index is 0.186. The van der Waals surface area contributed by atoms with Gasteiger partial charge in [-0.15, -0.1) is 0 Å². The zero-order valence-corrected chi connectivity index (χ0v) is 10.7. The second-order valence-electron chi connectivity index (χ2n) is 4.95. The third kappa shape index (κ3) is 2.88. The highest BCUT2D eigenvalue weighted by Gasteiger charge is 2.32. The van der Waals surface area contributed by atoms with Gasteiger partial charge in [0.15, 0.2) is 0 Å². The van der Waals surface area contributed by atoms with Gasteiger partial charge in [0.2, 0.25) is 0 Å². The number of carbonyl (C=O) groups excluding carboxylic acids is 1. The number of aliphatic hydroxyl groups excluding tert-OH is 1. The normalized spacial score (nSPS) is 26.9. The van der Waals surface area contributed by atoms with Gasteiger partial charge in [0.05, 0.1) is 6.10 Å². The molecule has 0 amide bonds. The molecule has 1 aromatic rings. The average molecular weight is 253 g/mol. The highest BCUT2D eigenvalue weighted by molar-refractivity contribution is 6.30. The van der Waals surface area contributed by atoms with Crippen LogP contribution in [0.3, 0.4) is 0 Å². The summed E-state index contributed by atoms with van der Waals surface area (Å²) in [4.78, 5) is 11.8. The molecule has 0 spiro atoms. The largest absolute Gasteiger partial charge is 0.388 e. The van der Waals surface area contributed by atoms with Gasteiger partial charge in [-0.1, -0.05) is 30.7 Å². The maximum Gasteiger partial charge on any atom is 0.138 e.